The van der Waals surface area contributed by atoms with E-state index in [1.807, 2.05) is 25.1 Å². The average Bonchev–Trinajstić information content (AvgIpc) is 2.89. The Balaban J connectivity index is 2.26. The number of aryl methyl sites for hydroxylation is 1. The molecule has 2 rings (SSSR count). The summed E-state index contributed by atoms with van der Waals surface area (Å²) in [5.74, 6) is 0.238. The molecule has 0 aromatic heterocycles. The van der Waals surface area contributed by atoms with Crippen LogP contribution in [0, 0.1) is 6.92 Å². The number of hydrogen-bond donors (Lipinski definition) is 2. The molecule has 0 amide bonds. The predicted octanol–water partition coefficient (Wildman–Crippen LogP) is 3.07. The van der Waals surface area contributed by atoms with Crippen molar-refractivity contribution in [1.29, 1.82) is 0 Å². The molecule has 0 saturated carbocycles. The van der Waals surface area contributed by atoms with Gasteiger partial charge in [-0.2, -0.15) is 0 Å². The number of unbranched alkanes of at least 4 members (excludes halogenated alkanes) is 1. The van der Waals surface area contributed by atoms with Gasteiger partial charge in [-0.3, -0.25) is 4.79 Å². The first-order chi connectivity index (χ1) is 9.09. The summed E-state index contributed by atoms with van der Waals surface area (Å²) in [5, 5.41) is 3.46. The topological polar surface area (TPSA) is 55.1 Å². The van der Waals surface area contributed by atoms with Gasteiger partial charge in [-0.25, -0.2) is 0 Å². The van der Waals surface area contributed by atoms with Crippen LogP contribution < -0.4 is 11.1 Å². The maximum Gasteiger partial charge on any atom is 0.182 e. The Labute approximate surface area is 115 Å². The van der Waals surface area contributed by atoms with Gasteiger partial charge in [0.15, 0.2) is 5.78 Å². The van der Waals surface area contributed by atoms with Gasteiger partial charge >= 0.3 is 0 Å². The molecule has 1 aromatic rings. The molecular formula is C16H24N2O. The van der Waals surface area contributed by atoms with E-state index in [0.29, 0.717) is 0 Å². The van der Waals surface area contributed by atoms with E-state index in [2.05, 4.69) is 12.2 Å². The van der Waals surface area contributed by atoms with Gasteiger partial charge in [0.1, 0.15) is 0 Å². The number of carbonyl (C=O) groups excluding carboxylic acids is 1. The summed E-state index contributed by atoms with van der Waals surface area (Å²) in [7, 11) is 0. The number of nitrogens with two attached hydrogens (primary N) is 1. The fourth-order valence-corrected chi connectivity index (χ4v) is 2.90. The molecule has 1 aliphatic heterocycles. The van der Waals surface area contributed by atoms with Crippen molar-refractivity contribution >= 4 is 11.5 Å². The van der Waals surface area contributed by atoms with Gasteiger partial charge in [-0.15, -0.1) is 0 Å². The summed E-state index contributed by atoms with van der Waals surface area (Å²) in [4.78, 5) is 12.8. The Hall–Kier alpha value is -1.35. The van der Waals surface area contributed by atoms with E-state index >= 15 is 0 Å². The molecular weight excluding hydrogens is 236 g/mol. The largest absolute Gasteiger partial charge is 0.399 e. The third-order valence-electron chi connectivity index (χ3n) is 4.17. The number of anilines is 1. The second-order valence-corrected chi connectivity index (χ2v) is 5.62. The van der Waals surface area contributed by atoms with E-state index in [0.717, 1.165) is 55.5 Å². The van der Waals surface area contributed by atoms with Gasteiger partial charge in [-0.05, 0) is 56.5 Å². The highest BCUT2D eigenvalue weighted by molar-refractivity contribution is 6.03. The fourth-order valence-electron chi connectivity index (χ4n) is 2.90. The van der Waals surface area contributed by atoms with Crippen LogP contribution in [0.1, 0.15) is 54.9 Å². The second kappa shape index (κ2) is 5.74. The van der Waals surface area contributed by atoms with E-state index in [-0.39, 0.29) is 11.3 Å². The van der Waals surface area contributed by atoms with Crippen molar-refractivity contribution in [2.45, 2.75) is 51.5 Å². The Morgan fingerprint density at radius 1 is 1.47 bits per heavy atom. The zero-order chi connectivity index (χ0) is 13.9. The van der Waals surface area contributed by atoms with Crippen LogP contribution in [0.4, 0.5) is 5.69 Å². The first-order valence-electron chi connectivity index (χ1n) is 7.25. The maximum atomic E-state index is 12.8. The minimum atomic E-state index is -0.335. The van der Waals surface area contributed by atoms with Gasteiger partial charge in [0, 0.05) is 11.3 Å². The zero-order valence-corrected chi connectivity index (χ0v) is 12.0. The van der Waals surface area contributed by atoms with Crippen LogP contribution in [0.25, 0.3) is 0 Å². The number of carbonyl (C=O) groups is 1. The van der Waals surface area contributed by atoms with Crippen LogP contribution in [-0.4, -0.2) is 17.9 Å². The molecule has 0 spiro atoms. The van der Waals surface area contributed by atoms with Crippen molar-refractivity contribution < 1.29 is 4.79 Å². The maximum absolute atomic E-state index is 12.8. The van der Waals surface area contributed by atoms with Gasteiger partial charge in [-0.1, -0.05) is 19.8 Å². The third-order valence-corrected chi connectivity index (χ3v) is 4.17. The lowest BCUT2D eigenvalue weighted by Crippen LogP contribution is -2.47. The monoisotopic (exact) mass is 260 g/mol. The molecule has 3 heteroatoms. The number of Topliss-reactive ketones (excluding diaryl/α,β-unsaturated/α-hetero) is 1. The molecule has 3 N–H and O–H groups in total. The number of nitrogens with one attached hydrogen (secondary N) is 1. The first-order valence-corrected chi connectivity index (χ1v) is 7.25. The van der Waals surface area contributed by atoms with Gasteiger partial charge in [0.05, 0.1) is 5.54 Å². The molecule has 1 unspecified atom stereocenters. The lowest BCUT2D eigenvalue weighted by atomic mass is 9.83. The molecule has 1 aromatic carbocycles. The number of nitrogen functional groups attached to an aromatic ring is 1. The Bertz CT molecular complexity index is 462. The van der Waals surface area contributed by atoms with Crippen molar-refractivity contribution in [1.82, 2.24) is 5.32 Å². The molecule has 19 heavy (non-hydrogen) atoms. The van der Waals surface area contributed by atoms with Gasteiger partial charge < -0.3 is 11.1 Å². The van der Waals surface area contributed by atoms with Crippen molar-refractivity contribution in [2.75, 3.05) is 12.3 Å². The highest BCUT2D eigenvalue weighted by atomic mass is 16.1. The van der Waals surface area contributed by atoms with Crippen LogP contribution in [0.2, 0.25) is 0 Å². The first kappa shape index (κ1) is 14.1. The molecule has 104 valence electrons. The molecule has 1 atom stereocenters. The summed E-state index contributed by atoms with van der Waals surface area (Å²) < 4.78 is 0. The van der Waals surface area contributed by atoms with Crippen molar-refractivity contribution in [3.63, 3.8) is 0 Å². The molecule has 3 nitrogen and oxygen atoms in total. The highest BCUT2D eigenvalue weighted by Crippen LogP contribution is 2.30. The molecule has 0 aliphatic carbocycles. The molecule has 0 radical (unpaired) electrons. The Morgan fingerprint density at radius 2 is 2.26 bits per heavy atom. The third kappa shape index (κ3) is 2.81. The number of benzene rings is 1. The van der Waals surface area contributed by atoms with Crippen molar-refractivity contribution in [3.05, 3.63) is 29.3 Å². The SMILES string of the molecule is CCCCC1(C(=O)c2ccc(N)c(C)c2)CCCN1. The van der Waals surface area contributed by atoms with Crippen LogP contribution in [0.15, 0.2) is 18.2 Å². The summed E-state index contributed by atoms with van der Waals surface area (Å²) in [6, 6.07) is 5.62. The van der Waals surface area contributed by atoms with Crippen LogP contribution in [0.3, 0.4) is 0 Å². The number of rotatable bonds is 5. The normalized spacial score (nSPS) is 22.6. The minimum absolute atomic E-state index is 0.238. The minimum Gasteiger partial charge on any atom is -0.399 e. The Morgan fingerprint density at radius 3 is 2.84 bits per heavy atom. The molecule has 0 bridgehead atoms. The van der Waals surface area contributed by atoms with E-state index in [4.69, 9.17) is 5.73 Å². The van der Waals surface area contributed by atoms with E-state index in [1.54, 1.807) is 0 Å². The lowest BCUT2D eigenvalue weighted by Gasteiger charge is -2.28. The molecule has 1 heterocycles. The van der Waals surface area contributed by atoms with Crippen molar-refractivity contribution in [3.8, 4) is 0 Å². The fraction of sp³-hybridized carbons (Fsp3) is 0.562. The molecule has 1 fully saturated rings. The van der Waals surface area contributed by atoms with Crippen LogP contribution in [0.5, 0.6) is 0 Å². The predicted molar refractivity (Wildman–Crippen MR) is 79.4 cm³/mol. The lowest BCUT2D eigenvalue weighted by molar-refractivity contribution is 0.0856. The van der Waals surface area contributed by atoms with E-state index in [9.17, 15) is 4.79 Å². The standard InChI is InChI=1S/C16H24N2O/c1-3-4-8-16(9-5-10-18-16)15(19)13-6-7-14(17)12(2)11-13/h6-7,11,18H,3-5,8-10,17H2,1-2H3. The summed E-state index contributed by atoms with van der Waals surface area (Å²) in [6.45, 7) is 5.07. The van der Waals surface area contributed by atoms with E-state index in [1.165, 1.54) is 0 Å². The molecule has 1 saturated heterocycles. The van der Waals surface area contributed by atoms with Crippen molar-refractivity contribution in [2.24, 2.45) is 0 Å². The van der Waals surface area contributed by atoms with Crippen LogP contribution >= 0.6 is 0 Å². The summed E-state index contributed by atoms with van der Waals surface area (Å²) >= 11 is 0. The smallest absolute Gasteiger partial charge is 0.182 e. The highest BCUT2D eigenvalue weighted by Gasteiger charge is 2.40. The van der Waals surface area contributed by atoms with Gasteiger partial charge in [0.2, 0.25) is 0 Å². The molecule has 1 aliphatic rings. The number of ketones is 1. The quantitative estimate of drug-likeness (QED) is 0.632. The van der Waals surface area contributed by atoms with Gasteiger partial charge in [0.25, 0.3) is 0 Å². The van der Waals surface area contributed by atoms with Crippen LogP contribution in [-0.2, 0) is 0 Å². The summed E-state index contributed by atoms with van der Waals surface area (Å²) in [5.41, 5.74) is 8.01. The second-order valence-electron chi connectivity index (χ2n) is 5.62. The summed E-state index contributed by atoms with van der Waals surface area (Å²) in [6.07, 6.45) is 5.19. The Kier molecular flexibility index (Phi) is 4.25. The van der Waals surface area contributed by atoms with E-state index < -0.39 is 0 Å². The average molecular weight is 260 g/mol. The number of hydrogen-bond acceptors (Lipinski definition) is 3. The zero-order valence-electron chi connectivity index (χ0n) is 12.0.